The third-order valence-corrected chi connectivity index (χ3v) is 3.38. The number of hydrogen-bond acceptors (Lipinski definition) is 3. The summed E-state index contributed by atoms with van der Waals surface area (Å²) >= 11 is 0. The lowest BCUT2D eigenvalue weighted by Gasteiger charge is -2.07. The lowest BCUT2D eigenvalue weighted by atomic mass is 10.1. The third kappa shape index (κ3) is 3.81. The molecule has 0 bridgehead atoms. The van der Waals surface area contributed by atoms with E-state index in [0.717, 1.165) is 17.0 Å². The average Bonchev–Trinajstić information content (AvgIpc) is 2.68. The van der Waals surface area contributed by atoms with Crippen LogP contribution in [0.1, 0.15) is 17.0 Å². The molecule has 1 amide bonds. The van der Waals surface area contributed by atoms with E-state index < -0.39 is 0 Å². The van der Waals surface area contributed by atoms with Gasteiger partial charge in [0, 0.05) is 6.54 Å². The van der Waals surface area contributed by atoms with Crippen LogP contribution in [0.15, 0.2) is 24.3 Å². The van der Waals surface area contributed by atoms with Crippen molar-refractivity contribution in [1.82, 2.24) is 15.1 Å². The predicted octanol–water partition coefficient (Wildman–Crippen LogP) is 1.58. The van der Waals surface area contributed by atoms with Crippen LogP contribution in [0.25, 0.3) is 0 Å². The normalized spacial score (nSPS) is 10.6. The number of nitrogens with one attached hydrogen (secondary N) is 1. The second kappa shape index (κ2) is 6.39. The Labute approximate surface area is 123 Å². The van der Waals surface area contributed by atoms with Crippen molar-refractivity contribution in [2.45, 2.75) is 26.8 Å². The summed E-state index contributed by atoms with van der Waals surface area (Å²) in [6.45, 7) is 4.29. The first-order valence-electron chi connectivity index (χ1n) is 6.78. The highest BCUT2D eigenvalue weighted by Crippen LogP contribution is 2.14. The van der Waals surface area contributed by atoms with Crippen LogP contribution >= 0.6 is 0 Å². The molecule has 0 aliphatic rings. The standard InChI is InChI=1S/C15H19FN4O/c1-10-15(17)11(2)20(19-10)9-14(21)18-8-7-12-3-5-13(16)6-4-12/h3-6H,7-9,17H2,1-2H3,(H,18,21). The van der Waals surface area contributed by atoms with E-state index in [0.29, 0.717) is 18.7 Å². The predicted molar refractivity (Wildman–Crippen MR) is 79.2 cm³/mol. The fourth-order valence-corrected chi connectivity index (χ4v) is 2.05. The maximum atomic E-state index is 12.8. The minimum absolute atomic E-state index is 0.122. The van der Waals surface area contributed by atoms with Gasteiger partial charge in [0.25, 0.3) is 0 Å². The molecule has 3 N–H and O–H groups in total. The summed E-state index contributed by atoms with van der Waals surface area (Å²) in [6.07, 6.45) is 0.658. The van der Waals surface area contributed by atoms with Crippen LogP contribution in [0.3, 0.4) is 0 Å². The monoisotopic (exact) mass is 290 g/mol. The SMILES string of the molecule is Cc1nn(CC(=O)NCCc2ccc(F)cc2)c(C)c1N. The summed E-state index contributed by atoms with van der Waals surface area (Å²) in [5.74, 6) is -0.382. The van der Waals surface area contributed by atoms with E-state index in [1.165, 1.54) is 12.1 Å². The van der Waals surface area contributed by atoms with E-state index in [1.807, 2.05) is 13.8 Å². The molecule has 0 atom stereocenters. The van der Waals surface area contributed by atoms with E-state index in [2.05, 4.69) is 10.4 Å². The molecule has 2 rings (SSSR count). The van der Waals surface area contributed by atoms with Crippen molar-refractivity contribution >= 4 is 11.6 Å². The minimum Gasteiger partial charge on any atom is -0.396 e. The number of nitrogen functional groups attached to an aromatic ring is 1. The van der Waals surface area contributed by atoms with Crippen molar-refractivity contribution in [2.24, 2.45) is 0 Å². The molecule has 0 unspecified atom stereocenters. The number of nitrogens with two attached hydrogens (primary N) is 1. The van der Waals surface area contributed by atoms with Gasteiger partial charge in [-0.3, -0.25) is 9.48 Å². The summed E-state index contributed by atoms with van der Waals surface area (Å²) in [5.41, 5.74) is 8.94. The van der Waals surface area contributed by atoms with Crippen molar-refractivity contribution in [3.05, 3.63) is 47.0 Å². The van der Waals surface area contributed by atoms with Crippen molar-refractivity contribution in [3.8, 4) is 0 Å². The van der Waals surface area contributed by atoms with Crippen molar-refractivity contribution in [3.63, 3.8) is 0 Å². The summed E-state index contributed by atoms with van der Waals surface area (Å²) in [7, 11) is 0. The summed E-state index contributed by atoms with van der Waals surface area (Å²) in [6, 6.07) is 6.25. The molecule has 6 heteroatoms. The molecule has 0 aliphatic carbocycles. The Hall–Kier alpha value is -2.37. The summed E-state index contributed by atoms with van der Waals surface area (Å²) in [4.78, 5) is 11.9. The quantitative estimate of drug-likeness (QED) is 0.878. The molecular formula is C15H19FN4O. The number of hydrogen-bond donors (Lipinski definition) is 2. The van der Waals surface area contributed by atoms with Gasteiger partial charge in [0.1, 0.15) is 12.4 Å². The second-order valence-corrected chi connectivity index (χ2v) is 4.97. The molecule has 112 valence electrons. The number of rotatable bonds is 5. The molecule has 0 fully saturated rings. The Bertz CT molecular complexity index is 634. The number of carbonyl (C=O) groups excluding carboxylic acids is 1. The van der Waals surface area contributed by atoms with Crippen molar-refractivity contribution < 1.29 is 9.18 Å². The van der Waals surface area contributed by atoms with E-state index in [9.17, 15) is 9.18 Å². The fraction of sp³-hybridized carbons (Fsp3) is 0.333. The van der Waals surface area contributed by atoms with Crippen LogP contribution < -0.4 is 11.1 Å². The number of aryl methyl sites for hydroxylation is 1. The van der Waals surface area contributed by atoms with Gasteiger partial charge in [0.2, 0.25) is 5.91 Å². The zero-order valence-corrected chi connectivity index (χ0v) is 12.2. The Kier molecular flexibility index (Phi) is 4.57. The van der Waals surface area contributed by atoms with Gasteiger partial charge in [-0.25, -0.2) is 4.39 Å². The molecule has 1 heterocycles. The largest absolute Gasteiger partial charge is 0.396 e. The van der Waals surface area contributed by atoms with Gasteiger partial charge in [0.15, 0.2) is 0 Å². The van der Waals surface area contributed by atoms with Crippen molar-refractivity contribution in [1.29, 1.82) is 0 Å². The summed E-state index contributed by atoms with van der Waals surface area (Å²) in [5, 5.41) is 7.03. The number of carbonyl (C=O) groups is 1. The number of amides is 1. The zero-order valence-electron chi connectivity index (χ0n) is 12.2. The number of halogens is 1. The van der Waals surface area contributed by atoms with E-state index in [1.54, 1.807) is 16.8 Å². The number of benzene rings is 1. The van der Waals surface area contributed by atoms with Crippen LogP contribution in [0, 0.1) is 19.7 Å². The molecule has 21 heavy (non-hydrogen) atoms. The molecule has 1 aromatic heterocycles. The molecule has 0 saturated carbocycles. The highest BCUT2D eigenvalue weighted by molar-refractivity contribution is 5.75. The van der Waals surface area contributed by atoms with Gasteiger partial charge < -0.3 is 11.1 Å². The zero-order chi connectivity index (χ0) is 15.4. The molecule has 5 nitrogen and oxygen atoms in total. The molecule has 1 aromatic carbocycles. The Morgan fingerprint density at radius 3 is 2.57 bits per heavy atom. The average molecular weight is 290 g/mol. The van der Waals surface area contributed by atoms with Gasteiger partial charge >= 0.3 is 0 Å². The maximum absolute atomic E-state index is 12.8. The summed E-state index contributed by atoms with van der Waals surface area (Å²) < 4.78 is 14.4. The molecule has 0 aliphatic heterocycles. The highest BCUT2D eigenvalue weighted by atomic mass is 19.1. The van der Waals surface area contributed by atoms with Gasteiger partial charge in [-0.1, -0.05) is 12.1 Å². The Morgan fingerprint density at radius 1 is 1.33 bits per heavy atom. The Balaban J connectivity index is 1.82. The Morgan fingerprint density at radius 2 is 2.00 bits per heavy atom. The van der Waals surface area contributed by atoms with Crippen LogP contribution in [0.4, 0.5) is 10.1 Å². The first kappa shape index (κ1) is 15.0. The lowest BCUT2D eigenvalue weighted by molar-refractivity contribution is -0.121. The molecule has 0 radical (unpaired) electrons. The van der Waals surface area contributed by atoms with Gasteiger partial charge in [-0.05, 0) is 38.0 Å². The third-order valence-electron chi connectivity index (χ3n) is 3.38. The van der Waals surface area contributed by atoms with Gasteiger partial charge in [-0.15, -0.1) is 0 Å². The smallest absolute Gasteiger partial charge is 0.241 e. The van der Waals surface area contributed by atoms with E-state index >= 15 is 0 Å². The molecule has 2 aromatic rings. The lowest BCUT2D eigenvalue weighted by Crippen LogP contribution is -2.30. The van der Waals surface area contributed by atoms with E-state index in [-0.39, 0.29) is 18.3 Å². The maximum Gasteiger partial charge on any atom is 0.241 e. The highest BCUT2D eigenvalue weighted by Gasteiger charge is 2.11. The van der Waals surface area contributed by atoms with Crippen LogP contribution in [0.5, 0.6) is 0 Å². The first-order valence-corrected chi connectivity index (χ1v) is 6.78. The first-order chi connectivity index (χ1) is 9.97. The molecule has 0 saturated heterocycles. The number of nitrogens with zero attached hydrogens (tertiary/aromatic N) is 2. The minimum atomic E-state index is -0.259. The molecular weight excluding hydrogens is 271 g/mol. The van der Waals surface area contributed by atoms with Crippen LogP contribution in [-0.4, -0.2) is 22.2 Å². The van der Waals surface area contributed by atoms with Gasteiger partial charge in [0.05, 0.1) is 17.1 Å². The second-order valence-electron chi connectivity index (χ2n) is 4.97. The topological polar surface area (TPSA) is 72.9 Å². The van der Waals surface area contributed by atoms with E-state index in [4.69, 9.17) is 5.73 Å². The van der Waals surface area contributed by atoms with Gasteiger partial charge in [-0.2, -0.15) is 5.10 Å². The van der Waals surface area contributed by atoms with Crippen LogP contribution in [-0.2, 0) is 17.8 Å². The molecule has 0 spiro atoms. The van der Waals surface area contributed by atoms with Crippen LogP contribution in [0.2, 0.25) is 0 Å². The number of anilines is 1. The van der Waals surface area contributed by atoms with Crippen molar-refractivity contribution in [2.75, 3.05) is 12.3 Å². The fourth-order valence-electron chi connectivity index (χ4n) is 2.05. The number of aromatic nitrogens is 2.